The summed E-state index contributed by atoms with van der Waals surface area (Å²) in [4.78, 5) is 26.6. The van der Waals surface area contributed by atoms with E-state index in [9.17, 15) is 9.59 Å². The van der Waals surface area contributed by atoms with Gasteiger partial charge in [-0.15, -0.1) is 0 Å². The molecule has 2 aromatic carbocycles. The number of rotatable bonds is 13. The molecule has 198 valence electrons. The Morgan fingerprint density at radius 1 is 1.03 bits per heavy atom. The Kier molecular flexibility index (Phi) is 11.6. The number of ether oxygens (including phenoxy) is 3. The lowest BCUT2D eigenvalue weighted by Crippen LogP contribution is -2.29. The number of carbonyl (C=O) groups is 2. The molecule has 1 aliphatic heterocycles. The van der Waals surface area contributed by atoms with Crippen LogP contribution in [0.1, 0.15) is 50.7 Å². The minimum absolute atomic E-state index is 0.118. The molecule has 0 aromatic heterocycles. The number of amides is 1. The summed E-state index contributed by atoms with van der Waals surface area (Å²) in [5.41, 5.74) is 1.49. The van der Waals surface area contributed by atoms with E-state index in [0.29, 0.717) is 62.5 Å². The first-order valence-corrected chi connectivity index (χ1v) is 14.1. The molecule has 6 nitrogen and oxygen atoms in total. The normalized spacial score (nSPS) is 14.4. The summed E-state index contributed by atoms with van der Waals surface area (Å²) in [5.74, 6) is 0.792. The van der Waals surface area contributed by atoms with Gasteiger partial charge in [-0.05, 0) is 62.6 Å². The van der Waals surface area contributed by atoms with E-state index in [-0.39, 0.29) is 18.5 Å². The Hall–Kier alpha value is -2.26. The van der Waals surface area contributed by atoms with Gasteiger partial charge in [0.1, 0.15) is 10.9 Å². The first-order chi connectivity index (χ1) is 17.8. The summed E-state index contributed by atoms with van der Waals surface area (Å²) < 4.78 is 17.2. The second kappa shape index (κ2) is 14.6. The van der Waals surface area contributed by atoms with Gasteiger partial charge in [0.05, 0.1) is 18.1 Å². The lowest BCUT2D eigenvalue weighted by molar-refractivity contribution is -0.143. The number of thiocarbonyl (C=S) groups is 1. The molecule has 37 heavy (non-hydrogen) atoms. The molecule has 0 saturated carbocycles. The van der Waals surface area contributed by atoms with Gasteiger partial charge in [0.25, 0.3) is 5.91 Å². The van der Waals surface area contributed by atoms with Crippen molar-refractivity contribution < 1.29 is 23.8 Å². The van der Waals surface area contributed by atoms with Gasteiger partial charge in [0, 0.05) is 28.6 Å². The second-order valence-electron chi connectivity index (χ2n) is 8.08. The smallest absolute Gasteiger partial charge is 0.305 e. The minimum atomic E-state index is -0.188. The van der Waals surface area contributed by atoms with E-state index in [1.54, 1.807) is 42.2 Å². The molecular weight excluding hydrogens is 553 g/mol. The minimum Gasteiger partial charge on any atom is -0.490 e. The number of thioether (sulfide) groups is 1. The summed E-state index contributed by atoms with van der Waals surface area (Å²) >= 11 is 19.2. The van der Waals surface area contributed by atoms with Crippen LogP contribution in [0.15, 0.2) is 41.3 Å². The van der Waals surface area contributed by atoms with E-state index in [1.165, 1.54) is 11.8 Å². The molecule has 0 radical (unpaired) electrons. The summed E-state index contributed by atoms with van der Waals surface area (Å²) in [6, 6.07) is 10.8. The summed E-state index contributed by atoms with van der Waals surface area (Å²) in [5, 5.41) is 1.06. The van der Waals surface area contributed by atoms with Crippen LogP contribution in [0.5, 0.6) is 11.5 Å². The van der Waals surface area contributed by atoms with Crippen LogP contribution in [0.25, 0.3) is 6.08 Å². The van der Waals surface area contributed by atoms with Crippen molar-refractivity contribution in [2.45, 2.75) is 46.1 Å². The highest BCUT2D eigenvalue weighted by atomic mass is 35.5. The van der Waals surface area contributed by atoms with E-state index < -0.39 is 0 Å². The number of unbranched alkanes of at least 4 members (excludes halogenated alkanes) is 2. The maximum atomic E-state index is 13.0. The fourth-order valence-electron chi connectivity index (χ4n) is 3.62. The first kappa shape index (κ1) is 29.3. The molecule has 0 spiro atoms. The third kappa shape index (κ3) is 8.37. The highest BCUT2D eigenvalue weighted by molar-refractivity contribution is 8.26. The summed E-state index contributed by atoms with van der Waals surface area (Å²) in [6.07, 6.45) is 4.49. The van der Waals surface area contributed by atoms with Crippen molar-refractivity contribution in [2.75, 3.05) is 19.8 Å². The summed E-state index contributed by atoms with van der Waals surface area (Å²) in [7, 11) is 0. The van der Waals surface area contributed by atoms with Crippen LogP contribution in [0.2, 0.25) is 10.0 Å². The molecule has 1 fully saturated rings. The number of hydrogen-bond donors (Lipinski definition) is 0. The molecule has 0 bridgehead atoms. The van der Waals surface area contributed by atoms with Crippen LogP contribution in [0.3, 0.4) is 0 Å². The van der Waals surface area contributed by atoms with Crippen LogP contribution in [0, 0.1) is 0 Å². The highest BCUT2D eigenvalue weighted by Gasteiger charge is 2.31. The fourth-order valence-corrected chi connectivity index (χ4v) is 5.43. The van der Waals surface area contributed by atoms with Gasteiger partial charge in [0.2, 0.25) is 0 Å². The largest absolute Gasteiger partial charge is 0.490 e. The van der Waals surface area contributed by atoms with Crippen LogP contribution in [-0.4, -0.2) is 40.9 Å². The Balaban J connectivity index is 1.63. The number of nitrogens with zero attached hydrogens (tertiary/aromatic N) is 1. The highest BCUT2D eigenvalue weighted by Crippen LogP contribution is 2.36. The number of benzene rings is 2. The maximum absolute atomic E-state index is 13.0. The van der Waals surface area contributed by atoms with Crippen molar-refractivity contribution in [1.29, 1.82) is 0 Å². The molecule has 1 aliphatic rings. The molecular formula is C27H29Cl2NO5S2. The van der Waals surface area contributed by atoms with Crippen molar-refractivity contribution in [1.82, 2.24) is 4.90 Å². The predicted molar refractivity (Wildman–Crippen MR) is 153 cm³/mol. The van der Waals surface area contributed by atoms with E-state index in [1.807, 2.05) is 19.1 Å². The molecule has 1 heterocycles. The zero-order valence-electron chi connectivity index (χ0n) is 20.8. The van der Waals surface area contributed by atoms with Gasteiger partial charge in [-0.25, -0.2) is 0 Å². The quantitative estimate of drug-likeness (QED) is 0.106. The molecule has 2 aromatic rings. The SMILES string of the molecule is CCOC(=O)CCCCCN1C(=O)/C(=C/c2ccc(OCc3c(Cl)cccc3Cl)c(OCC)c2)SC1=S. The Labute approximate surface area is 237 Å². The Bertz CT molecular complexity index is 1150. The molecule has 3 rings (SSSR count). The fraction of sp³-hybridized carbons (Fsp3) is 0.370. The van der Waals surface area contributed by atoms with Crippen molar-refractivity contribution in [3.63, 3.8) is 0 Å². The van der Waals surface area contributed by atoms with Crippen molar-refractivity contribution in [3.05, 3.63) is 62.5 Å². The van der Waals surface area contributed by atoms with Crippen LogP contribution in [-0.2, 0) is 20.9 Å². The molecule has 0 aliphatic carbocycles. The lowest BCUT2D eigenvalue weighted by atomic mass is 10.1. The van der Waals surface area contributed by atoms with Crippen molar-refractivity contribution in [2.24, 2.45) is 0 Å². The third-order valence-corrected chi connectivity index (χ3v) is 7.53. The molecule has 1 amide bonds. The number of hydrogen-bond acceptors (Lipinski definition) is 7. The standard InChI is InChI=1S/C27H29Cl2NO5S2/c1-3-33-23-15-18(12-13-22(23)35-17-19-20(28)9-8-10-21(19)29)16-24-26(32)30(27(36)37-24)14-7-5-6-11-25(31)34-4-2/h8-10,12-13,15-16H,3-7,11,14,17H2,1-2H3/b24-16-. The van der Waals surface area contributed by atoms with E-state index in [0.717, 1.165) is 24.8 Å². The number of esters is 1. The van der Waals surface area contributed by atoms with Crippen LogP contribution >= 0.6 is 47.2 Å². The first-order valence-electron chi connectivity index (χ1n) is 12.1. The van der Waals surface area contributed by atoms with Gasteiger partial charge in [-0.1, -0.05) is 65.7 Å². The third-order valence-electron chi connectivity index (χ3n) is 5.44. The Morgan fingerprint density at radius 3 is 2.49 bits per heavy atom. The van der Waals surface area contributed by atoms with Gasteiger partial charge in [0.15, 0.2) is 11.5 Å². The maximum Gasteiger partial charge on any atom is 0.305 e. The van der Waals surface area contributed by atoms with Crippen LogP contribution in [0.4, 0.5) is 0 Å². The summed E-state index contributed by atoms with van der Waals surface area (Å²) in [6.45, 7) is 5.23. The van der Waals surface area contributed by atoms with Gasteiger partial charge < -0.3 is 14.2 Å². The molecule has 10 heteroatoms. The zero-order chi connectivity index (χ0) is 26.8. The van der Waals surface area contributed by atoms with Crippen LogP contribution < -0.4 is 9.47 Å². The van der Waals surface area contributed by atoms with E-state index in [4.69, 9.17) is 49.6 Å². The predicted octanol–water partition coefficient (Wildman–Crippen LogP) is 7.30. The van der Waals surface area contributed by atoms with E-state index >= 15 is 0 Å². The zero-order valence-corrected chi connectivity index (χ0v) is 23.9. The molecule has 1 saturated heterocycles. The molecule has 0 N–H and O–H groups in total. The van der Waals surface area contributed by atoms with E-state index in [2.05, 4.69) is 0 Å². The number of carbonyl (C=O) groups excluding carboxylic acids is 2. The topological polar surface area (TPSA) is 65.1 Å². The average molecular weight is 583 g/mol. The second-order valence-corrected chi connectivity index (χ2v) is 10.6. The van der Waals surface area contributed by atoms with Gasteiger partial charge >= 0.3 is 5.97 Å². The van der Waals surface area contributed by atoms with Gasteiger partial charge in [-0.2, -0.15) is 0 Å². The lowest BCUT2D eigenvalue weighted by Gasteiger charge is -2.14. The molecule has 0 unspecified atom stereocenters. The molecule has 0 atom stereocenters. The Morgan fingerprint density at radius 2 is 1.78 bits per heavy atom. The number of halogens is 2. The monoisotopic (exact) mass is 581 g/mol. The average Bonchev–Trinajstić information content (AvgIpc) is 3.12. The van der Waals surface area contributed by atoms with Gasteiger partial charge in [-0.3, -0.25) is 14.5 Å². The van der Waals surface area contributed by atoms with Crippen molar-refractivity contribution in [3.8, 4) is 11.5 Å². The van der Waals surface area contributed by atoms with Crippen molar-refractivity contribution >= 4 is 69.5 Å².